The monoisotopic (exact) mass is 510 g/mol. The number of anilines is 4. The molecule has 0 spiro atoms. The maximum atomic E-state index is 13.3. The van der Waals surface area contributed by atoms with Crippen LogP contribution in [0.1, 0.15) is 10.4 Å². The lowest BCUT2D eigenvalue weighted by Crippen LogP contribution is -2.56. The number of hydrogen-bond donors (Lipinski definition) is 1. The van der Waals surface area contributed by atoms with Gasteiger partial charge in [0.1, 0.15) is 17.5 Å². The summed E-state index contributed by atoms with van der Waals surface area (Å²) >= 11 is 0. The molecule has 5 heterocycles. The highest BCUT2D eigenvalue weighted by Gasteiger charge is 2.30. The molecule has 0 radical (unpaired) electrons. The molecule has 2 aliphatic rings. The van der Waals surface area contributed by atoms with E-state index >= 15 is 0 Å². The Hall–Kier alpha value is -3.93. The lowest BCUT2D eigenvalue weighted by Gasteiger charge is -2.41. The highest BCUT2D eigenvalue weighted by molar-refractivity contribution is 6.04. The van der Waals surface area contributed by atoms with Crippen molar-refractivity contribution >= 4 is 29.2 Å². The third-order valence-electron chi connectivity index (χ3n) is 6.54. The van der Waals surface area contributed by atoms with E-state index in [4.69, 9.17) is 4.74 Å². The fourth-order valence-electron chi connectivity index (χ4n) is 4.53. The molecule has 37 heavy (non-hydrogen) atoms. The molecule has 0 saturated carbocycles. The van der Waals surface area contributed by atoms with Gasteiger partial charge in [0.25, 0.3) is 5.91 Å². The highest BCUT2D eigenvalue weighted by Crippen LogP contribution is 2.24. The first-order chi connectivity index (χ1) is 18.0. The largest absolute Gasteiger partial charge is 0.382 e. The van der Waals surface area contributed by atoms with Gasteiger partial charge in [0.2, 0.25) is 5.95 Å². The molecule has 0 aliphatic carbocycles. The van der Waals surface area contributed by atoms with Crippen molar-refractivity contribution in [3.8, 4) is 0 Å². The van der Waals surface area contributed by atoms with Gasteiger partial charge in [-0.3, -0.25) is 9.18 Å². The van der Waals surface area contributed by atoms with Crippen LogP contribution in [0.5, 0.6) is 0 Å². The number of carbonyl (C=O) groups is 1. The average molecular weight is 511 g/mol. The predicted octanol–water partition coefficient (Wildman–Crippen LogP) is 2.41. The molecule has 5 rings (SSSR count). The minimum absolute atomic E-state index is 0.0192. The van der Waals surface area contributed by atoms with Crippen molar-refractivity contribution in [1.82, 2.24) is 19.9 Å². The Balaban J connectivity index is 1.18. The van der Waals surface area contributed by atoms with Crippen molar-refractivity contribution in [2.75, 3.05) is 73.1 Å². The van der Waals surface area contributed by atoms with Crippen LogP contribution in [0.15, 0.2) is 49.1 Å². The first-order valence-corrected chi connectivity index (χ1v) is 12.1. The van der Waals surface area contributed by atoms with E-state index in [9.17, 15) is 13.6 Å². The number of amides is 1. The second kappa shape index (κ2) is 11.0. The van der Waals surface area contributed by atoms with Crippen LogP contribution in [0, 0.1) is 11.7 Å². The third kappa shape index (κ3) is 5.58. The summed E-state index contributed by atoms with van der Waals surface area (Å²) < 4.78 is 31.3. The first-order valence-electron chi connectivity index (χ1n) is 12.1. The fourth-order valence-corrected chi connectivity index (χ4v) is 4.53. The van der Waals surface area contributed by atoms with Gasteiger partial charge in [0.15, 0.2) is 0 Å². The van der Waals surface area contributed by atoms with E-state index in [2.05, 4.69) is 30.2 Å². The summed E-state index contributed by atoms with van der Waals surface area (Å²) in [6, 6.07) is 6.50. The molecule has 1 amide bonds. The topological polar surface area (TPSA) is 99.6 Å². The van der Waals surface area contributed by atoms with Crippen molar-refractivity contribution in [3.63, 3.8) is 0 Å². The lowest BCUT2D eigenvalue weighted by atomic mass is 10.0. The molecule has 1 N–H and O–H groups in total. The Morgan fingerprint density at radius 1 is 0.973 bits per heavy atom. The molecule has 1 atom stereocenters. The number of methoxy groups -OCH3 is 1. The predicted molar refractivity (Wildman–Crippen MR) is 135 cm³/mol. The van der Waals surface area contributed by atoms with E-state index < -0.39 is 0 Å². The van der Waals surface area contributed by atoms with Gasteiger partial charge in [-0.1, -0.05) is 0 Å². The van der Waals surface area contributed by atoms with Crippen molar-refractivity contribution in [3.05, 3.63) is 60.4 Å². The zero-order valence-electron chi connectivity index (χ0n) is 20.4. The molecule has 10 nitrogen and oxygen atoms in total. The average Bonchev–Trinajstić information content (AvgIpc) is 2.90. The van der Waals surface area contributed by atoms with Crippen molar-refractivity contribution in [2.45, 2.75) is 6.04 Å². The zero-order chi connectivity index (χ0) is 25.8. The molecule has 12 heteroatoms. The van der Waals surface area contributed by atoms with Crippen LogP contribution >= 0.6 is 0 Å². The summed E-state index contributed by atoms with van der Waals surface area (Å²) in [5, 5.41) is 2.79. The lowest BCUT2D eigenvalue weighted by molar-refractivity contribution is 0.102. The smallest absolute Gasteiger partial charge is 0.257 e. The summed E-state index contributed by atoms with van der Waals surface area (Å²) in [5.74, 6) is 1.34. The number of piperazine rings is 1. The summed E-state index contributed by atoms with van der Waals surface area (Å²) in [4.78, 5) is 36.2. The molecule has 3 aromatic rings. The van der Waals surface area contributed by atoms with Crippen molar-refractivity contribution in [1.29, 1.82) is 0 Å². The van der Waals surface area contributed by atoms with E-state index in [1.54, 1.807) is 37.7 Å². The maximum absolute atomic E-state index is 13.3. The molecule has 0 unspecified atom stereocenters. The molecule has 3 aromatic heterocycles. The van der Waals surface area contributed by atoms with E-state index in [1.807, 2.05) is 9.80 Å². The van der Waals surface area contributed by atoms with E-state index in [-0.39, 0.29) is 30.4 Å². The maximum Gasteiger partial charge on any atom is 0.257 e. The fraction of sp³-hybridized carbons (Fsp3) is 0.400. The summed E-state index contributed by atoms with van der Waals surface area (Å²) in [6.07, 6.45) is 5.85. The summed E-state index contributed by atoms with van der Waals surface area (Å²) in [7, 11) is 1.64. The number of ether oxygens (including phenoxy) is 1. The Morgan fingerprint density at radius 2 is 1.73 bits per heavy atom. The number of halogens is 2. The van der Waals surface area contributed by atoms with Crippen LogP contribution in [0.3, 0.4) is 0 Å². The minimum Gasteiger partial charge on any atom is -0.382 e. The van der Waals surface area contributed by atoms with Gasteiger partial charge >= 0.3 is 0 Å². The van der Waals surface area contributed by atoms with Gasteiger partial charge in [-0.15, -0.1) is 0 Å². The number of hydrogen-bond acceptors (Lipinski definition) is 9. The molecule has 2 aliphatic heterocycles. The number of carbonyl (C=O) groups excluding carboxylic acids is 1. The standard InChI is InChI=1S/C25H28F2N8O2/c1-37-16-21-15-33(6-7-35(21)23-5-3-19(27)10-29-23)25-30-11-20(12-31-25)32-24(36)18-2-4-22(28-9-18)34-13-17(8-26)14-34/h2-5,9-12,17,21H,6-8,13-16H2,1H3,(H,32,36)/t21-/m1/s1. The van der Waals surface area contributed by atoms with Crippen molar-refractivity contribution in [2.24, 2.45) is 5.92 Å². The SMILES string of the molecule is COC[C@H]1CN(c2ncc(NC(=O)c3ccc(N4CC(CF)C4)nc3)cn2)CCN1c1ccc(F)cn1. The van der Waals surface area contributed by atoms with Gasteiger partial charge in [0.05, 0.1) is 49.2 Å². The number of nitrogens with zero attached hydrogens (tertiary/aromatic N) is 7. The van der Waals surface area contributed by atoms with E-state index in [1.165, 1.54) is 18.5 Å². The second-order valence-electron chi connectivity index (χ2n) is 9.14. The number of alkyl halides is 1. The first kappa shape index (κ1) is 24.8. The van der Waals surface area contributed by atoms with Crippen LogP contribution in [0.4, 0.5) is 32.1 Å². The molecular formula is C25H28F2N8O2. The highest BCUT2D eigenvalue weighted by atomic mass is 19.1. The Labute approximate surface area is 213 Å². The summed E-state index contributed by atoms with van der Waals surface area (Å²) in [6.45, 7) is 3.31. The second-order valence-corrected chi connectivity index (χ2v) is 9.14. The normalized spacial score (nSPS) is 18.0. The van der Waals surface area contributed by atoms with Crippen LogP contribution in [0.2, 0.25) is 0 Å². The Kier molecular flexibility index (Phi) is 7.35. The van der Waals surface area contributed by atoms with Gasteiger partial charge in [-0.05, 0) is 24.3 Å². The van der Waals surface area contributed by atoms with Crippen LogP contribution in [0.25, 0.3) is 0 Å². The zero-order valence-corrected chi connectivity index (χ0v) is 20.4. The molecule has 2 saturated heterocycles. The van der Waals surface area contributed by atoms with Gasteiger partial charge in [-0.25, -0.2) is 24.3 Å². The molecule has 2 fully saturated rings. The minimum atomic E-state index is -0.376. The van der Waals surface area contributed by atoms with Gasteiger partial charge < -0.3 is 24.8 Å². The molecule has 0 aromatic carbocycles. The van der Waals surface area contributed by atoms with Crippen LogP contribution in [-0.2, 0) is 4.74 Å². The molecule has 0 bridgehead atoms. The number of pyridine rings is 2. The van der Waals surface area contributed by atoms with Crippen molar-refractivity contribution < 1.29 is 18.3 Å². The van der Waals surface area contributed by atoms with Gasteiger partial charge in [0, 0.05) is 51.9 Å². The number of rotatable bonds is 8. The molecule has 194 valence electrons. The Bertz CT molecular complexity index is 1190. The van der Waals surface area contributed by atoms with Crippen LogP contribution < -0.4 is 20.0 Å². The number of nitrogens with one attached hydrogen (secondary N) is 1. The van der Waals surface area contributed by atoms with E-state index in [0.717, 1.165) is 5.82 Å². The quantitative estimate of drug-likeness (QED) is 0.490. The van der Waals surface area contributed by atoms with Gasteiger partial charge in [-0.2, -0.15) is 0 Å². The van der Waals surface area contributed by atoms with Crippen LogP contribution in [-0.4, -0.2) is 85.0 Å². The molecular weight excluding hydrogens is 482 g/mol. The number of aromatic nitrogens is 4. The van der Waals surface area contributed by atoms with E-state index in [0.29, 0.717) is 62.3 Å². The third-order valence-corrected chi connectivity index (χ3v) is 6.54. The Morgan fingerprint density at radius 3 is 2.38 bits per heavy atom. The summed E-state index contributed by atoms with van der Waals surface area (Å²) in [5.41, 5.74) is 0.872.